The lowest BCUT2D eigenvalue weighted by Crippen LogP contribution is -2.40. The molecular weight excluding hydrogens is 503 g/mol. The molecule has 6 nitrogen and oxygen atoms in total. The second kappa shape index (κ2) is 11.1. The van der Waals surface area contributed by atoms with Gasteiger partial charge < -0.3 is 9.47 Å². The maximum Gasteiger partial charge on any atom is 0.338 e. The maximum absolute atomic E-state index is 14.4. The molecule has 0 spiro atoms. The Morgan fingerprint density at radius 3 is 2.69 bits per heavy atom. The van der Waals surface area contributed by atoms with E-state index in [0.29, 0.717) is 28.4 Å². The standard InChI is InChI=1S/C27H24ClFN2O4S/c1-4-13-34-18-11-9-17(10-12-18)24-23(26(33)35-14-5-2)16(3)30-27-31(24)25(32)22(36-27)15-19-20(28)7-6-8-21(19)29/h5-12,15,24H,2,4,13-14H2,1,3H3/b22-15-. The third-order valence-corrected chi connectivity index (χ3v) is 6.83. The second-order valence-corrected chi connectivity index (χ2v) is 9.44. The molecule has 0 saturated heterocycles. The number of aromatic nitrogens is 1. The molecule has 4 rings (SSSR count). The van der Waals surface area contributed by atoms with Gasteiger partial charge in [-0.25, -0.2) is 14.2 Å². The minimum absolute atomic E-state index is 0.0162. The average Bonchev–Trinajstić information content (AvgIpc) is 3.17. The molecule has 1 aliphatic heterocycles. The molecule has 1 aromatic heterocycles. The Hall–Kier alpha value is -3.49. The molecule has 0 amide bonds. The highest BCUT2D eigenvalue weighted by molar-refractivity contribution is 7.07. The topological polar surface area (TPSA) is 69.9 Å². The molecule has 0 radical (unpaired) electrons. The molecular formula is C27H24ClFN2O4S. The van der Waals surface area contributed by atoms with E-state index in [1.807, 2.05) is 6.92 Å². The molecule has 0 fully saturated rings. The summed E-state index contributed by atoms with van der Waals surface area (Å²) >= 11 is 7.28. The van der Waals surface area contributed by atoms with Crippen molar-refractivity contribution in [3.8, 4) is 5.75 Å². The summed E-state index contributed by atoms with van der Waals surface area (Å²) < 4.78 is 27.1. The van der Waals surface area contributed by atoms with Gasteiger partial charge in [0.05, 0.1) is 33.5 Å². The highest BCUT2D eigenvalue weighted by Crippen LogP contribution is 2.31. The first-order chi connectivity index (χ1) is 17.3. The van der Waals surface area contributed by atoms with Gasteiger partial charge in [-0.15, -0.1) is 0 Å². The molecule has 1 aliphatic rings. The van der Waals surface area contributed by atoms with Gasteiger partial charge in [0, 0.05) is 5.56 Å². The van der Waals surface area contributed by atoms with Gasteiger partial charge in [-0.1, -0.05) is 60.7 Å². The van der Waals surface area contributed by atoms with E-state index in [-0.39, 0.29) is 27.3 Å². The van der Waals surface area contributed by atoms with E-state index < -0.39 is 23.4 Å². The molecule has 0 saturated carbocycles. The number of benzene rings is 2. The van der Waals surface area contributed by atoms with E-state index in [1.165, 1.54) is 28.9 Å². The van der Waals surface area contributed by atoms with Gasteiger partial charge in [0.25, 0.3) is 5.56 Å². The highest BCUT2D eigenvalue weighted by atomic mass is 35.5. The third kappa shape index (κ3) is 5.05. The number of hydrogen-bond donors (Lipinski definition) is 0. The van der Waals surface area contributed by atoms with E-state index in [0.717, 1.165) is 17.8 Å². The van der Waals surface area contributed by atoms with Gasteiger partial charge in [-0.05, 0) is 49.2 Å². The summed E-state index contributed by atoms with van der Waals surface area (Å²) in [6.45, 7) is 7.89. The molecule has 2 aromatic carbocycles. The Labute approximate surface area is 216 Å². The number of rotatable bonds is 8. The van der Waals surface area contributed by atoms with Crippen LogP contribution in [0.5, 0.6) is 5.75 Å². The lowest BCUT2D eigenvalue weighted by molar-refractivity contribution is -0.138. The first-order valence-corrected chi connectivity index (χ1v) is 12.5. The summed E-state index contributed by atoms with van der Waals surface area (Å²) in [4.78, 5) is 31.6. The summed E-state index contributed by atoms with van der Waals surface area (Å²) in [5.74, 6) is -0.463. The SMILES string of the molecule is C=CCOC(=O)C1=C(C)N=c2s/c(=C\c3c(F)cccc3Cl)c(=O)n2C1c1ccc(OCCC)cc1. The van der Waals surface area contributed by atoms with Gasteiger partial charge in [-0.2, -0.15) is 0 Å². The number of carbonyl (C=O) groups excluding carboxylic acids is 1. The van der Waals surface area contributed by atoms with Gasteiger partial charge in [-0.3, -0.25) is 9.36 Å². The number of esters is 1. The van der Waals surface area contributed by atoms with Gasteiger partial charge in [0.15, 0.2) is 4.80 Å². The molecule has 186 valence electrons. The smallest absolute Gasteiger partial charge is 0.338 e. The number of ether oxygens (including phenoxy) is 2. The largest absolute Gasteiger partial charge is 0.494 e. The Morgan fingerprint density at radius 1 is 1.28 bits per heavy atom. The first-order valence-electron chi connectivity index (χ1n) is 11.3. The summed E-state index contributed by atoms with van der Waals surface area (Å²) in [6.07, 6.45) is 3.75. The van der Waals surface area contributed by atoms with Crippen LogP contribution in [0.3, 0.4) is 0 Å². The summed E-state index contributed by atoms with van der Waals surface area (Å²) in [6, 6.07) is 10.7. The molecule has 1 unspecified atom stereocenters. The van der Waals surface area contributed by atoms with Crippen LogP contribution < -0.4 is 19.6 Å². The minimum atomic E-state index is -0.794. The van der Waals surface area contributed by atoms with Crippen LogP contribution >= 0.6 is 22.9 Å². The van der Waals surface area contributed by atoms with Gasteiger partial charge in [0.2, 0.25) is 0 Å². The van der Waals surface area contributed by atoms with Crippen LogP contribution in [0.4, 0.5) is 4.39 Å². The zero-order valence-electron chi connectivity index (χ0n) is 19.8. The van der Waals surface area contributed by atoms with Crippen LogP contribution in [0.1, 0.15) is 37.4 Å². The molecule has 0 N–H and O–H groups in total. The molecule has 9 heteroatoms. The number of allylic oxidation sites excluding steroid dienone is 1. The van der Waals surface area contributed by atoms with Crippen LogP contribution in [-0.2, 0) is 9.53 Å². The Morgan fingerprint density at radius 2 is 2.03 bits per heavy atom. The average molecular weight is 527 g/mol. The summed E-state index contributed by atoms with van der Waals surface area (Å²) in [5, 5.41) is 0.185. The number of carbonyl (C=O) groups is 1. The minimum Gasteiger partial charge on any atom is -0.494 e. The van der Waals surface area contributed by atoms with Crippen molar-refractivity contribution in [3.63, 3.8) is 0 Å². The van der Waals surface area contributed by atoms with Crippen molar-refractivity contribution < 1.29 is 18.7 Å². The fourth-order valence-corrected chi connectivity index (χ4v) is 5.10. The van der Waals surface area contributed by atoms with Crippen molar-refractivity contribution in [2.75, 3.05) is 13.2 Å². The normalized spacial score (nSPS) is 15.3. The molecule has 3 aromatic rings. The number of hydrogen-bond acceptors (Lipinski definition) is 6. The van der Waals surface area contributed by atoms with Crippen molar-refractivity contribution in [2.45, 2.75) is 26.3 Å². The van der Waals surface area contributed by atoms with E-state index in [4.69, 9.17) is 21.1 Å². The van der Waals surface area contributed by atoms with E-state index >= 15 is 0 Å². The summed E-state index contributed by atoms with van der Waals surface area (Å²) in [7, 11) is 0. The number of thiazole rings is 1. The highest BCUT2D eigenvalue weighted by Gasteiger charge is 2.33. The zero-order chi connectivity index (χ0) is 25.8. The lowest BCUT2D eigenvalue weighted by atomic mass is 9.96. The fraction of sp³-hybridized carbons (Fsp3) is 0.222. The third-order valence-electron chi connectivity index (χ3n) is 5.52. The molecule has 2 heterocycles. The van der Waals surface area contributed by atoms with Crippen molar-refractivity contribution in [1.29, 1.82) is 0 Å². The van der Waals surface area contributed by atoms with Crippen molar-refractivity contribution in [1.82, 2.24) is 4.57 Å². The second-order valence-electron chi connectivity index (χ2n) is 8.02. The number of halogens is 2. The number of fused-ring (bicyclic) bond motifs is 1. The molecule has 1 atom stereocenters. The first kappa shape index (κ1) is 25.6. The van der Waals surface area contributed by atoms with Crippen LogP contribution in [-0.4, -0.2) is 23.8 Å². The van der Waals surface area contributed by atoms with E-state index in [1.54, 1.807) is 37.3 Å². The van der Waals surface area contributed by atoms with E-state index in [2.05, 4.69) is 11.6 Å². The molecule has 0 bridgehead atoms. The number of nitrogens with zero attached hydrogens (tertiary/aromatic N) is 2. The van der Waals surface area contributed by atoms with Crippen molar-refractivity contribution in [3.05, 3.63) is 108 Å². The van der Waals surface area contributed by atoms with Crippen molar-refractivity contribution in [2.24, 2.45) is 4.99 Å². The van der Waals surface area contributed by atoms with Crippen LogP contribution in [0.25, 0.3) is 6.08 Å². The van der Waals surface area contributed by atoms with Gasteiger partial charge in [0.1, 0.15) is 18.2 Å². The molecule has 36 heavy (non-hydrogen) atoms. The summed E-state index contributed by atoms with van der Waals surface area (Å²) in [5.41, 5.74) is 1.03. The predicted octanol–water partition coefficient (Wildman–Crippen LogP) is 4.55. The Kier molecular flexibility index (Phi) is 7.86. The quantitative estimate of drug-likeness (QED) is 0.319. The van der Waals surface area contributed by atoms with Gasteiger partial charge >= 0.3 is 5.97 Å². The van der Waals surface area contributed by atoms with Crippen LogP contribution in [0, 0.1) is 5.82 Å². The fourth-order valence-electron chi connectivity index (χ4n) is 3.86. The van der Waals surface area contributed by atoms with Crippen molar-refractivity contribution >= 4 is 35.0 Å². The maximum atomic E-state index is 14.4. The van der Waals surface area contributed by atoms with Crippen LogP contribution in [0.15, 0.2) is 76.2 Å². The zero-order valence-corrected chi connectivity index (χ0v) is 21.4. The Balaban J connectivity index is 1.90. The Bertz CT molecular complexity index is 1500. The van der Waals surface area contributed by atoms with E-state index in [9.17, 15) is 14.0 Å². The predicted molar refractivity (Wildman–Crippen MR) is 139 cm³/mol. The van der Waals surface area contributed by atoms with Crippen LogP contribution in [0.2, 0.25) is 5.02 Å². The monoisotopic (exact) mass is 526 g/mol. The lowest BCUT2D eigenvalue weighted by Gasteiger charge is -2.24. The molecule has 0 aliphatic carbocycles.